The lowest BCUT2D eigenvalue weighted by atomic mass is 9.97. The molecule has 8 heteroatoms. The molecular weight excluding hydrogens is 406 g/mol. The van der Waals surface area contributed by atoms with Crippen LogP contribution >= 0.6 is 11.6 Å². The van der Waals surface area contributed by atoms with Crippen LogP contribution in [0.2, 0.25) is 5.02 Å². The number of aromatic nitrogens is 1. The monoisotopic (exact) mass is 425 g/mol. The van der Waals surface area contributed by atoms with Crippen molar-refractivity contribution in [3.8, 4) is 0 Å². The van der Waals surface area contributed by atoms with Crippen LogP contribution in [0, 0.1) is 5.92 Å². The number of carbonyl (C=O) groups excluding carboxylic acids is 2. The number of nitrogens with one attached hydrogen (secondary N) is 2. The zero-order valence-electron chi connectivity index (χ0n) is 16.0. The molecule has 1 aromatic heterocycles. The minimum absolute atomic E-state index is 0.151. The maximum absolute atomic E-state index is 13.0. The highest BCUT2D eigenvalue weighted by Gasteiger charge is 2.38. The molecule has 7 nitrogen and oxygen atoms in total. The molecule has 1 aliphatic heterocycles. The summed E-state index contributed by atoms with van der Waals surface area (Å²) >= 11 is 6.07. The number of benzene rings is 2. The van der Waals surface area contributed by atoms with Gasteiger partial charge in [-0.1, -0.05) is 41.9 Å². The van der Waals surface area contributed by atoms with Crippen LogP contribution < -0.4 is 5.32 Å². The van der Waals surface area contributed by atoms with Gasteiger partial charge in [-0.2, -0.15) is 0 Å². The second-order valence-electron chi connectivity index (χ2n) is 7.39. The third-order valence-corrected chi connectivity index (χ3v) is 5.55. The number of halogens is 1. The number of aliphatic carboxylic acids is 1. The smallest absolute Gasteiger partial charge is 0.310 e. The van der Waals surface area contributed by atoms with E-state index in [0.29, 0.717) is 22.4 Å². The highest BCUT2D eigenvalue weighted by atomic mass is 35.5. The Morgan fingerprint density at radius 1 is 1.17 bits per heavy atom. The lowest BCUT2D eigenvalue weighted by molar-refractivity contribution is -0.153. The van der Waals surface area contributed by atoms with Crippen molar-refractivity contribution in [2.45, 2.75) is 12.5 Å². The number of aromatic amines is 1. The van der Waals surface area contributed by atoms with Gasteiger partial charge in [-0.15, -0.1) is 0 Å². The Balaban J connectivity index is 1.55. The van der Waals surface area contributed by atoms with Gasteiger partial charge in [-0.05, 0) is 23.8 Å². The van der Waals surface area contributed by atoms with Crippen LogP contribution in [0.5, 0.6) is 0 Å². The average molecular weight is 426 g/mol. The number of fused-ring (bicyclic) bond motifs is 1. The van der Waals surface area contributed by atoms with Gasteiger partial charge >= 0.3 is 5.97 Å². The Kier molecular flexibility index (Phi) is 5.46. The van der Waals surface area contributed by atoms with Crippen LogP contribution in [0.3, 0.4) is 0 Å². The van der Waals surface area contributed by atoms with E-state index in [0.717, 1.165) is 11.1 Å². The summed E-state index contributed by atoms with van der Waals surface area (Å²) in [5, 5.41) is 13.1. The number of H-pyrrole nitrogens is 1. The van der Waals surface area contributed by atoms with Gasteiger partial charge in [0, 0.05) is 41.6 Å². The molecule has 30 heavy (non-hydrogen) atoms. The highest BCUT2D eigenvalue weighted by molar-refractivity contribution is 6.31. The number of carbonyl (C=O) groups is 3. The van der Waals surface area contributed by atoms with Crippen molar-refractivity contribution in [1.82, 2.24) is 15.2 Å². The second kappa shape index (κ2) is 8.20. The molecule has 0 saturated carbocycles. The standard InChI is InChI=1S/C22H20ClN3O4/c23-15-6-7-18-16(9-15)17(10-24-18)20(27)25-19(8-13-4-2-1-3-5-13)21(28)26-11-14(12-26)22(29)30/h1-7,9-10,14,19,24H,8,11-12H2,(H,25,27)(H,29,30)/t19-/m0/s1. The minimum Gasteiger partial charge on any atom is -0.481 e. The van der Waals surface area contributed by atoms with E-state index < -0.39 is 23.8 Å². The summed E-state index contributed by atoms with van der Waals surface area (Å²) in [5.74, 6) is -2.16. The number of amides is 2. The zero-order valence-corrected chi connectivity index (χ0v) is 16.7. The van der Waals surface area contributed by atoms with Crippen LogP contribution in [-0.2, 0) is 16.0 Å². The molecular formula is C22H20ClN3O4. The summed E-state index contributed by atoms with van der Waals surface area (Å²) < 4.78 is 0. The van der Waals surface area contributed by atoms with Gasteiger partial charge < -0.3 is 20.3 Å². The van der Waals surface area contributed by atoms with E-state index in [2.05, 4.69) is 10.3 Å². The van der Waals surface area contributed by atoms with Crippen LogP contribution in [-0.4, -0.2) is 51.9 Å². The van der Waals surface area contributed by atoms with Crippen LogP contribution in [0.25, 0.3) is 10.9 Å². The quantitative estimate of drug-likeness (QED) is 0.565. The van der Waals surface area contributed by atoms with Crippen molar-refractivity contribution in [3.05, 3.63) is 70.9 Å². The summed E-state index contributed by atoms with van der Waals surface area (Å²) in [4.78, 5) is 41.6. The third-order valence-electron chi connectivity index (χ3n) is 5.32. The van der Waals surface area contributed by atoms with Crippen LogP contribution in [0.1, 0.15) is 15.9 Å². The van der Waals surface area contributed by atoms with E-state index in [1.165, 1.54) is 4.90 Å². The van der Waals surface area contributed by atoms with Gasteiger partial charge in [0.05, 0.1) is 11.5 Å². The van der Waals surface area contributed by atoms with Crippen molar-refractivity contribution < 1.29 is 19.5 Å². The lowest BCUT2D eigenvalue weighted by Crippen LogP contribution is -2.59. The molecule has 1 aliphatic rings. The van der Waals surface area contributed by atoms with Gasteiger partial charge in [0.1, 0.15) is 6.04 Å². The van der Waals surface area contributed by atoms with Crippen molar-refractivity contribution in [2.75, 3.05) is 13.1 Å². The topological polar surface area (TPSA) is 102 Å². The Bertz CT molecular complexity index is 1110. The summed E-state index contributed by atoms with van der Waals surface area (Å²) in [7, 11) is 0. The summed E-state index contributed by atoms with van der Waals surface area (Å²) in [6.07, 6.45) is 1.90. The Labute approximate surface area is 177 Å². The molecule has 3 N–H and O–H groups in total. The van der Waals surface area contributed by atoms with Crippen LogP contribution in [0.15, 0.2) is 54.7 Å². The number of hydrogen-bond donors (Lipinski definition) is 3. The first kappa shape index (κ1) is 20.0. The average Bonchev–Trinajstić information content (AvgIpc) is 3.09. The molecule has 1 saturated heterocycles. The van der Waals surface area contributed by atoms with Crippen molar-refractivity contribution >= 4 is 40.3 Å². The number of likely N-dealkylation sites (tertiary alicyclic amines) is 1. The van der Waals surface area contributed by atoms with E-state index in [-0.39, 0.29) is 19.0 Å². The molecule has 4 rings (SSSR count). The molecule has 0 unspecified atom stereocenters. The number of rotatable bonds is 6. The lowest BCUT2D eigenvalue weighted by Gasteiger charge is -2.38. The van der Waals surface area contributed by atoms with E-state index in [1.54, 1.807) is 24.4 Å². The molecule has 2 aromatic carbocycles. The maximum Gasteiger partial charge on any atom is 0.310 e. The molecule has 1 fully saturated rings. The fraction of sp³-hybridized carbons (Fsp3) is 0.227. The molecule has 3 aromatic rings. The highest BCUT2D eigenvalue weighted by Crippen LogP contribution is 2.23. The van der Waals surface area contributed by atoms with E-state index in [9.17, 15) is 14.4 Å². The van der Waals surface area contributed by atoms with Crippen molar-refractivity contribution in [2.24, 2.45) is 5.92 Å². The first-order chi connectivity index (χ1) is 14.4. The Morgan fingerprint density at radius 2 is 1.90 bits per heavy atom. The van der Waals surface area contributed by atoms with Gasteiger partial charge in [0.25, 0.3) is 5.91 Å². The number of carboxylic acid groups (broad SMARTS) is 1. The number of hydrogen-bond acceptors (Lipinski definition) is 3. The van der Waals surface area contributed by atoms with Crippen LogP contribution in [0.4, 0.5) is 0 Å². The molecule has 1 atom stereocenters. The minimum atomic E-state index is -0.918. The van der Waals surface area contributed by atoms with E-state index in [4.69, 9.17) is 16.7 Å². The van der Waals surface area contributed by atoms with Gasteiger partial charge in [0.15, 0.2) is 0 Å². The molecule has 0 aliphatic carbocycles. The predicted molar refractivity (Wildman–Crippen MR) is 112 cm³/mol. The summed E-state index contributed by atoms with van der Waals surface area (Å²) in [6, 6.07) is 13.8. The first-order valence-electron chi connectivity index (χ1n) is 9.55. The number of nitrogens with zero attached hydrogens (tertiary/aromatic N) is 1. The van der Waals surface area contributed by atoms with Crippen molar-refractivity contribution in [3.63, 3.8) is 0 Å². The summed E-state index contributed by atoms with van der Waals surface area (Å²) in [5.41, 5.74) is 2.06. The van der Waals surface area contributed by atoms with Crippen molar-refractivity contribution in [1.29, 1.82) is 0 Å². The predicted octanol–water partition coefficient (Wildman–Crippen LogP) is 2.71. The third kappa shape index (κ3) is 4.02. The molecule has 154 valence electrons. The zero-order chi connectivity index (χ0) is 21.3. The Hall–Kier alpha value is -3.32. The Morgan fingerprint density at radius 3 is 2.60 bits per heavy atom. The number of carboxylic acids is 1. The fourth-order valence-corrected chi connectivity index (χ4v) is 3.77. The van der Waals surface area contributed by atoms with E-state index in [1.807, 2.05) is 30.3 Å². The molecule has 0 radical (unpaired) electrons. The van der Waals surface area contributed by atoms with E-state index >= 15 is 0 Å². The SMILES string of the molecule is O=C(N[C@@H](Cc1ccccc1)C(=O)N1CC(C(=O)O)C1)c1c[nH]c2ccc(Cl)cc12. The maximum atomic E-state index is 13.0. The van der Waals surface area contributed by atoms with Gasteiger partial charge in [0.2, 0.25) is 5.91 Å². The van der Waals surface area contributed by atoms with Gasteiger partial charge in [-0.25, -0.2) is 0 Å². The molecule has 0 spiro atoms. The molecule has 0 bridgehead atoms. The van der Waals surface area contributed by atoms with Gasteiger partial charge in [-0.3, -0.25) is 14.4 Å². The largest absolute Gasteiger partial charge is 0.481 e. The summed E-state index contributed by atoms with van der Waals surface area (Å²) in [6.45, 7) is 0.302. The normalized spacial score (nSPS) is 14.9. The molecule has 2 amide bonds. The first-order valence-corrected chi connectivity index (χ1v) is 9.93. The molecule has 2 heterocycles. The fourth-order valence-electron chi connectivity index (χ4n) is 3.60. The second-order valence-corrected chi connectivity index (χ2v) is 7.82.